The second-order valence-electron chi connectivity index (χ2n) is 7.49. The minimum absolute atomic E-state index is 0. The van der Waals surface area contributed by atoms with Gasteiger partial charge in [-0.2, -0.15) is 0 Å². The Bertz CT molecular complexity index is 550. The minimum atomic E-state index is 0. The fourth-order valence-corrected chi connectivity index (χ4v) is 3.45. The van der Waals surface area contributed by atoms with Crippen LogP contribution in [0.25, 0.3) is 0 Å². The first-order valence-corrected chi connectivity index (χ1v) is 9.94. The summed E-state index contributed by atoms with van der Waals surface area (Å²) >= 11 is 0. The number of aliphatic imine (C=N–C) groups is 1. The molecule has 0 spiro atoms. The maximum absolute atomic E-state index is 5.18. The number of hydrogen-bond acceptors (Lipinski definition) is 3. The highest BCUT2D eigenvalue weighted by atomic mass is 127. The molecule has 0 radical (unpaired) electrons. The molecule has 1 aromatic rings. The Balaban J connectivity index is 0.00000364. The van der Waals surface area contributed by atoms with Gasteiger partial charge in [0.2, 0.25) is 0 Å². The van der Waals surface area contributed by atoms with Crippen molar-refractivity contribution in [2.24, 2.45) is 10.9 Å². The molecule has 0 aliphatic carbocycles. The zero-order valence-corrected chi connectivity index (χ0v) is 19.7. The van der Waals surface area contributed by atoms with Gasteiger partial charge in [0, 0.05) is 32.8 Å². The Morgan fingerprint density at radius 1 is 1.30 bits per heavy atom. The lowest BCUT2D eigenvalue weighted by atomic mass is 9.99. The van der Waals surface area contributed by atoms with Crippen LogP contribution in [0.2, 0.25) is 0 Å². The summed E-state index contributed by atoms with van der Waals surface area (Å²) < 4.78 is 5.18. The van der Waals surface area contributed by atoms with E-state index in [-0.39, 0.29) is 30.0 Å². The summed E-state index contributed by atoms with van der Waals surface area (Å²) in [7, 11) is 1.72. The van der Waals surface area contributed by atoms with E-state index < -0.39 is 0 Å². The Hall–Kier alpha value is -0.860. The maximum Gasteiger partial charge on any atom is 0.191 e. The number of rotatable bonds is 8. The standard InChI is InChI=1S/C21H36N4O.HI/c1-5-22-21(24-18(3)16-26-4)23-13-19-8-10-20(11-9-19)15-25-12-6-7-17(2)14-25;/h8-11,17-18H,5-7,12-16H2,1-4H3,(H2,22,23,24);1H. The van der Waals surface area contributed by atoms with Crippen LogP contribution < -0.4 is 10.6 Å². The smallest absolute Gasteiger partial charge is 0.191 e. The first-order chi connectivity index (χ1) is 12.6. The van der Waals surface area contributed by atoms with Crippen LogP contribution >= 0.6 is 24.0 Å². The fourth-order valence-electron chi connectivity index (χ4n) is 3.45. The number of nitrogens with one attached hydrogen (secondary N) is 2. The third-order valence-electron chi connectivity index (χ3n) is 4.73. The summed E-state index contributed by atoms with van der Waals surface area (Å²) in [5.74, 6) is 1.67. The Morgan fingerprint density at radius 2 is 2.00 bits per heavy atom. The van der Waals surface area contributed by atoms with E-state index in [9.17, 15) is 0 Å². The molecular formula is C21H37IN4O. The molecule has 6 heteroatoms. The van der Waals surface area contributed by atoms with Gasteiger partial charge in [0.05, 0.1) is 13.2 Å². The van der Waals surface area contributed by atoms with Crippen molar-refractivity contribution in [2.75, 3.05) is 33.4 Å². The van der Waals surface area contributed by atoms with Crippen LogP contribution in [0, 0.1) is 5.92 Å². The van der Waals surface area contributed by atoms with Crippen molar-refractivity contribution >= 4 is 29.9 Å². The molecule has 1 aromatic carbocycles. The number of guanidine groups is 1. The molecule has 0 amide bonds. The van der Waals surface area contributed by atoms with E-state index in [0.717, 1.165) is 25.0 Å². The maximum atomic E-state index is 5.18. The molecule has 2 N–H and O–H groups in total. The Kier molecular flexibility index (Phi) is 11.9. The van der Waals surface area contributed by atoms with Gasteiger partial charge < -0.3 is 15.4 Å². The lowest BCUT2D eigenvalue weighted by Gasteiger charge is -2.30. The first kappa shape index (κ1) is 24.2. The van der Waals surface area contributed by atoms with Crippen molar-refractivity contribution in [3.63, 3.8) is 0 Å². The number of likely N-dealkylation sites (tertiary alicyclic amines) is 1. The van der Waals surface area contributed by atoms with Gasteiger partial charge in [0.15, 0.2) is 5.96 Å². The number of methoxy groups -OCH3 is 1. The summed E-state index contributed by atoms with van der Waals surface area (Å²) in [4.78, 5) is 7.26. The SMILES string of the molecule is CCNC(=NCc1ccc(CN2CCCC(C)C2)cc1)NC(C)COC.I. The molecule has 5 nitrogen and oxygen atoms in total. The summed E-state index contributed by atoms with van der Waals surface area (Å²) in [5.41, 5.74) is 2.63. The molecule has 154 valence electrons. The van der Waals surface area contributed by atoms with Gasteiger partial charge in [-0.1, -0.05) is 31.2 Å². The molecule has 2 rings (SSSR count). The topological polar surface area (TPSA) is 48.9 Å². The van der Waals surface area contributed by atoms with Crippen molar-refractivity contribution in [1.29, 1.82) is 0 Å². The number of nitrogens with zero attached hydrogens (tertiary/aromatic N) is 2. The molecule has 0 aromatic heterocycles. The third kappa shape index (κ3) is 9.25. The first-order valence-electron chi connectivity index (χ1n) is 9.94. The molecule has 1 saturated heterocycles. The summed E-state index contributed by atoms with van der Waals surface area (Å²) in [5, 5.41) is 6.65. The lowest BCUT2D eigenvalue weighted by molar-refractivity contribution is 0.176. The molecule has 1 heterocycles. The van der Waals surface area contributed by atoms with Gasteiger partial charge in [0.1, 0.15) is 0 Å². The van der Waals surface area contributed by atoms with E-state index >= 15 is 0 Å². The monoisotopic (exact) mass is 488 g/mol. The van der Waals surface area contributed by atoms with Gasteiger partial charge >= 0.3 is 0 Å². The normalized spacial score (nSPS) is 19.3. The van der Waals surface area contributed by atoms with Crippen molar-refractivity contribution in [3.05, 3.63) is 35.4 Å². The predicted octanol–water partition coefficient (Wildman–Crippen LogP) is 3.63. The molecule has 2 unspecified atom stereocenters. The molecule has 0 bridgehead atoms. The Morgan fingerprint density at radius 3 is 2.63 bits per heavy atom. The Labute approximate surface area is 182 Å². The van der Waals surface area contributed by atoms with Crippen molar-refractivity contribution in [2.45, 2.75) is 52.7 Å². The zero-order chi connectivity index (χ0) is 18.8. The summed E-state index contributed by atoms with van der Waals surface area (Å²) in [6.07, 6.45) is 2.70. The lowest BCUT2D eigenvalue weighted by Crippen LogP contribution is -2.43. The molecule has 1 aliphatic rings. The highest BCUT2D eigenvalue weighted by Crippen LogP contribution is 2.18. The van der Waals surface area contributed by atoms with Crippen LogP contribution in [0.3, 0.4) is 0 Å². The van der Waals surface area contributed by atoms with Crippen LogP contribution in [0.5, 0.6) is 0 Å². The fraction of sp³-hybridized carbons (Fsp3) is 0.667. The van der Waals surface area contributed by atoms with Crippen molar-refractivity contribution in [1.82, 2.24) is 15.5 Å². The third-order valence-corrected chi connectivity index (χ3v) is 4.73. The number of halogens is 1. The number of benzene rings is 1. The van der Waals surface area contributed by atoms with Crippen molar-refractivity contribution < 1.29 is 4.74 Å². The zero-order valence-electron chi connectivity index (χ0n) is 17.3. The average Bonchev–Trinajstić information content (AvgIpc) is 2.61. The van der Waals surface area contributed by atoms with Crippen LogP contribution in [0.4, 0.5) is 0 Å². The van der Waals surface area contributed by atoms with Crippen LogP contribution in [-0.2, 0) is 17.8 Å². The highest BCUT2D eigenvalue weighted by Gasteiger charge is 2.16. The summed E-state index contributed by atoms with van der Waals surface area (Å²) in [6, 6.07) is 9.13. The van der Waals surface area contributed by atoms with Gasteiger partial charge in [-0.3, -0.25) is 4.90 Å². The van der Waals surface area contributed by atoms with E-state index in [1.165, 1.54) is 37.1 Å². The minimum Gasteiger partial charge on any atom is -0.383 e. The number of hydrogen-bond donors (Lipinski definition) is 2. The van der Waals surface area contributed by atoms with E-state index in [2.05, 4.69) is 65.6 Å². The van der Waals surface area contributed by atoms with Gasteiger partial charge in [0.25, 0.3) is 0 Å². The number of piperidine rings is 1. The van der Waals surface area contributed by atoms with Gasteiger partial charge in [-0.15, -0.1) is 24.0 Å². The quantitative estimate of drug-likeness (QED) is 0.334. The molecule has 0 saturated carbocycles. The van der Waals surface area contributed by atoms with Crippen LogP contribution in [0.1, 0.15) is 44.7 Å². The highest BCUT2D eigenvalue weighted by molar-refractivity contribution is 14.0. The van der Waals surface area contributed by atoms with E-state index in [4.69, 9.17) is 4.74 Å². The summed E-state index contributed by atoms with van der Waals surface area (Å²) in [6.45, 7) is 12.2. The molecular weight excluding hydrogens is 451 g/mol. The number of ether oxygens (including phenoxy) is 1. The van der Waals surface area contributed by atoms with Crippen LogP contribution in [-0.4, -0.2) is 50.3 Å². The average molecular weight is 488 g/mol. The van der Waals surface area contributed by atoms with E-state index in [0.29, 0.717) is 13.2 Å². The van der Waals surface area contributed by atoms with E-state index in [1.807, 2.05) is 0 Å². The van der Waals surface area contributed by atoms with Gasteiger partial charge in [-0.25, -0.2) is 4.99 Å². The second-order valence-corrected chi connectivity index (χ2v) is 7.49. The molecule has 1 fully saturated rings. The van der Waals surface area contributed by atoms with Gasteiger partial charge in [-0.05, 0) is 50.3 Å². The van der Waals surface area contributed by atoms with Crippen molar-refractivity contribution in [3.8, 4) is 0 Å². The predicted molar refractivity (Wildman–Crippen MR) is 125 cm³/mol. The largest absolute Gasteiger partial charge is 0.383 e. The molecule has 2 atom stereocenters. The van der Waals surface area contributed by atoms with E-state index in [1.54, 1.807) is 7.11 Å². The molecule has 27 heavy (non-hydrogen) atoms. The van der Waals surface area contributed by atoms with Crippen LogP contribution in [0.15, 0.2) is 29.3 Å². The molecule has 1 aliphatic heterocycles. The second kappa shape index (κ2) is 13.3.